The molecule has 134 valence electrons. The molecule has 2 atom stereocenters. The normalized spacial score (nSPS) is 22.4. The van der Waals surface area contributed by atoms with Gasteiger partial charge >= 0.3 is 0 Å². The van der Waals surface area contributed by atoms with Crippen LogP contribution in [0.2, 0.25) is 0 Å². The second-order valence-electron chi connectivity index (χ2n) is 6.99. The number of amides is 2. The molecular weight excluding hydrogens is 328 g/mol. The molecule has 2 aliphatic rings. The van der Waals surface area contributed by atoms with Gasteiger partial charge in [-0.05, 0) is 44.0 Å². The first-order valence-electron chi connectivity index (χ1n) is 9.06. The van der Waals surface area contributed by atoms with Crippen LogP contribution in [0, 0.1) is 6.92 Å². The van der Waals surface area contributed by atoms with Crippen molar-refractivity contribution in [3.05, 3.63) is 59.7 Å². The molecule has 2 aromatic rings. The molecule has 0 radical (unpaired) electrons. The van der Waals surface area contributed by atoms with E-state index in [4.69, 9.17) is 0 Å². The molecule has 2 amide bonds. The van der Waals surface area contributed by atoms with Crippen molar-refractivity contribution in [2.75, 3.05) is 6.54 Å². The molecule has 2 fully saturated rings. The number of likely N-dealkylation sites (tertiary alicyclic amines) is 2. The lowest BCUT2D eigenvalue weighted by Crippen LogP contribution is -2.52. The summed E-state index contributed by atoms with van der Waals surface area (Å²) in [5.41, 5.74) is 2.51. The van der Waals surface area contributed by atoms with Crippen molar-refractivity contribution < 1.29 is 9.59 Å². The monoisotopic (exact) mass is 350 g/mol. The molecule has 0 unspecified atom stereocenters. The molecule has 0 aliphatic carbocycles. The van der Waals surface area contributed by atoms with Crippen LogP contribution in [-0.2, 0) is 11.3 Å². The van der Waals surface area contributed by atoms with E-state index in [0.717, 1.165) is 24.2 Å². The minimum atomic E-state index is 0.0304. The molecular formula is C20H22N4O2. The van der Waals surface area contributed by atoms with Crippen molar-refractivity contribution in [3.63, 3.8) is 0 Å². The van der Waals surface area contributed by atoms with Crippen LogP contribution < -0.4 is 0 Å². The van der Waals surface area contributed by atoms with Gasteiger partial charge in [0, 0.05) is 36.6 Å². The number of hydrogen-bond acceptors (Lipinski definition) is 4. The summed E-state index contributed by atoms with van der Waals surface area (Å²) in [6.45, 7) is 3.15. The van der Waals surface area contributed by atoms with Crippen LogP contribution in [0.1, 0.15) is 41.0 Å². The minimum Gasteiger partial charge on any atom is -0.333 e. The Bertz CT molecular complexity index is 824. The van der Waals surface area contributed by atoms with Crippen LogP contribution >= 0.6 is 0 Å². The third-order valence-electron chi connectivity index (χ3n) is 5.35. The van der Waals surface area contributed by atoms with Gasteiger partial charge in [0.15, 0.2) is 0 Å². The number of aryl methyl sites for hydroxylation is 1. The molecule has 2 aliphatic heterocycles. The van der Waals surface area contributed by atoms with Gasteiger partial charge in [0.05, 0.1) is 24.3 Å². The molecule has 0 bridgehead atoms. The minimum absolute atomic E-state index is 0.0304. The number of piperidine rings is 1. The Morgan fingerprint density at radius 1 is 1.15 bits per heavy atom. The Kier molecular flexibility index (Phi) is 4.41. The van der Waals surface area contributed by atoms with Crippen molar-refractivity contribution >= 4 is 11.8 Å². The van der Waals surface area contributed by atoms with E-state index in [2.05, 4.69) is 9.97 Å². The average molecular weight is 350 g/mol. The number of carbonyl (C=O) groups excluding carboxylic acids is 2. The maximum absolute atomic E-state index is 12.9. The van der Waals surface area contributed by atoms with Crippen LogP contribution in [-0.4, -0.2) is 50.2 Å². The van der Waals surface area contributed by atoms with E-state index in [9.17, 15) is 9.59 Å². The van der Waals surface area contributed by atoms with E-state index in [1.165, 1.54) is 0 Å². The Morgan fingerprint density at radius 3 is 2.73 bits per heavy atom. The summed E-state index contributed by atoms with van der Waals surface area (Å²) in [7, 11) is 0. The van der Waals surface area contributed by atoms with Gasteiger partial charge in [0.25, 0.3) is 5.91 Å². The predicted octanol–water partition coefficient (Wildman–Crippen LogP) is 2.19. The van der Waals surface area contributed by atoms with Crippen molar-refractivity contribution in [1.29, 1.82) is 0 Å². The highest BCUT2D eigenvalue weighted by Gasteiger charge is 2.44. The molecule has 6 heteroatoms. The molecule has 2 saturated heterocycles. The second kappa shape index (κ2) is 6.86. The highest BCUT2D eigenvalue weighted by molar-refractivity contribution is 5.94. The first kappa shape index (κ1) is 16.7. The highest BCUT2D eigenvalue weighted by atomic mass is 16.2. The van der Waals surface area contributed by atoms with Gasteiger partial charge in [-0.3, -0.25) is 19.6 Å². The zero-order chi connectivity index (χ0) is 18.1. The molecule has 4 rings (SSSR count). The Balaban J connectivity index is 1.54. The molecule has 2 aromatic heterocycles. The summed E-state index contributed by atoms with van der Waals surface area (Å²) in [6, 6.07) is 9.53. The molecule has 0 N–H and O–H groups in total. The first-order chi connectivity index (χ1) is 12.6. The van der Waals surface area contributed by atoms with Crippen molar-refractivity contribution in [1.82, 2.24) is 19.8 Å². The number of fused-ring (bicyclic) bond motifs is 1. The first-order valence-corrected chi connectivity index (χ1v) is 9.06. The highest BCUT2D eigenvalue weighted by Crippen LogP contribution is 2.33. The van der Waals surface area contributed by atoms with Gasteiger partial charge < -0.3 is 9.80 Å². The number of carbonyl (C=O) groups is 2. The molecule has 0 saturated carbocycles. The molecule has 26 heavy (non-hydrogen) atoms. The average Bonchev–Trinajstić information content (AvgIpc) is 3.08. The quantitative estimate of drug-likeness (QED) is 0.851. The van der Waals surface area contributed by atoms with Gasteiger partial charge in [0.1, 0.15) is 0 Å². The summed E-state index contributed by atoms with van der Waals surface area (Å²) in [5.74, 6) is 0.190. The Hall–Kier alpha value is -2.76. The fourth-order valence-corrected chi connectivity index (χ4v) is 4.13. The van der Waals surface area contributed by atoms with Crippen LogP contribution in [0.15, 0.2) is 42.7 Å². The van der Waals surface area contributed by atoms with E-state index >= 15 is 0 Å². The molecule has 6 nitrogen and oxygen atoms in total. The predicted molar refractivity (Wildman–Crippen MR) is 96.2 cm³/mol. The number of pyridine rings is 2. The van der Waals surface area contributed by atoms with Gasteiger partial charge in [-0.1, -0.05) is 6.07 Å². The summed E-state index contributed by atoms with van der Waals surface area (Å²) >= 11 is 0. The van der Waals surface area contributed by atoms with Crippen LogP contribution in [0.4, 0.5) is 0 Å². The van der Waals surface area contributed by atoms with Gasteiger partial charge in [-0.15, -0.1) is 0 Å². The summed E-state index contributed by atoms with van der Waals surface area (Å²) in [5, 5.41) is 0. The van der Waals surface area contributed by atoms with E-state index in [1.54, 1.807) is 24.5 Å². The lowest BCUT2D eigenvalue weighted by Gasteiger charge is -2.39. The van der Waals surface area contributed by atoms with Crippen molar-refractivity contribution in [2.24, 2.45) is 0 Å². The van der Waals surface area contributed by atoms with Crippen molar-refractivity contribution in [3.8, 4) is 0 Å². The summed E-state index contributed by atoms with van der Waals surface area (Å²) in [6.07, 6.45) is 5.31. The van der Waals surface area contributed by atoms with Gasteiger partial charge in [-0.25, -0.2) is 0 Å². The van der Waals surface area contributed by atoms with E-state index in [1.807, 2.05) is 34.9 Å². The standard InChI is InChI=1S/C20H22N4O2/c1-14-3-2-4-16(22-14)13-24-18-9-12-23(17(18)5-6-19(24)25)20(26)15-7-10-21-11-8-15/h2-4,7-8,10-11,17-18H,5-6,9,12-13H2,1H3/t17-,18-/m0/s1. The second-order valence-corrected chi connectivity index (χ2v) is 6.99. The zero-order valence-electron chi connectivity index (χ0n) is 14.8. The van der Waals surface area contributed by atoms with Crippen LogP contribution in [0.5, 0.6) is 0 Å². The summed E-state index contributed by atoms with van der Waals surface area (Å²) < 4.78 is 0. The van der Waals surface area contributed by atoms with Gasteiger partial charge in [0.2, 0.25) is 5.91 Å². The smallest absolute Gasteiger partial charge is 0.254 e. The lowest BCUT2D eigenvalue weighted by molar-refractivity contribution is -0.138. The van der Waals surface area contributed by atoms with Crippen LogP contribution in [0.3, 0.4) is 0 Å². The molecule has 0 spiro atoms. The maximum atomic E-state index is 12.9. The third kappa shape index (κ3) is 3.07. The van der Waals surface area contributed by atoms with Crippen molar-refractivity contribution in [2.45, 2.75) is 44.8 Å². The SMILES string of the molecule is Cc1cccc(CN2C(=O)CC[C@H]3[C@@H]2CCN3C(=O)c2ccncc2)n1. The van der Waals surface area contributed by atoms with E-state index < -0.39 is 0 Å². The largest absolute Gasteiger partial charge is 0.333 e. The maximum Gasteiger partial charge on any atom is 0.254 e. The zero-order valence-corrected chi connectivity index (χ0v) is 14.8. The van der Waals surface area contributed by atoms with Gasteiger partial charge in [-0.2, -0.15) is 0 Å². The fourth-order valence-electron chi connectivity index (χ4n) is 4.13. The topological polar surface area (TPSA) is 66.4 Å². The number of aromatic nitrogens is 2. The molecule has 0 aromatic carbocycles. The number of hydrogen-bond donors (Lipinski definition) is 0. The molecule has 4 heterocycles. The number of nitrogens with zero attached hydrogens (tertiary/aromatic N) is 4. The Labute approximate surface area is 152 Å². The third-order valence-corrected chi connectivity index (χ3v) is 5.35. The Morgan fingerprint density at radius 2 is 1.96 bits per heavy atom. The van der Waals surface area contributed by atoms with E-state index in [-0.39, 0.29) is 23.9 Å². The fraction of sp³-hybridized carbons (Fsp3) is 0.400. The lowest BCUT2D eigenvalue weighted by atomic mass is 9.95. The van der Waals surface area contributed by atoms with E-state index in [0.29, 0.717) is 25.1 Å². The van der Waals surface area contributed by atoms with Crippen LogP contribution in [0.25, 0.3) is 0 Å². The number of rotatable bonds is 3. The summed E-state index contributed by atoms with van der Waals surface area (Å²) in [4.78, 5) is 37.8.